The number of carboxylic acid groups (broad SMARTS) is 3. The Morgan fingerprint density at radius 2 is 1.17 bits per heavy atom. The molecule has 10 nitrogen and oxygen atoms in total. The van der Waals surface area contributed by atoms with E-state index in [-0.39, 0.29) is 6.42 Å². The van der Waals surface area contributed by atoms with Gasteiger partial charge in [0.05, 0.1) is 12.8 Å². The van der Waals surface area contributed by atoms with Crippen LogP contribution >= 0.6 is 0 Å². The third-order valence-electron chi connectivity index (χ3n) is 1.45. The highest BCUT2D eigenvalue weighted by Gasteiger charge is 2.14. The number of amides is 1. The maximum absolute atomic E-state index is 9.99. The minimum Gasteiger partial charge on any atom is -0.481 e. The fourth-order valence-corrected chi connectivity index (χ4v) is 0.579. The molecule has 0 spiro atoms. The van der Waals surface area contributed by atoms with Crippen LogP contribution in [0.3, 0.4) is 0 Å². The maximum Gasteiger partial charge on any atom is 0.321 e. The topological polar surface area (TPSA) is 207 Å². The molecule has 0 bridgehead atoms. The summed E-state index contributed by atoms with van der Waals surface area (Å²) in [4.78, 5) is 39.5. The second kappa shape index (κ2) is 8.90. The van der Waals surface area contributed by atoms with Gasteiger partial charge in [0.1, 0.15) is 12.1 Å². The van der Waals surface area contributed by atoms with E-state index in [1.54, 1.807) is 0 Å². The molecule has 9 N–H and O–H groups in total. The van der Waals surface area contributed by atoms with E-state index in [0.29, 0.717) is 0 Å². The molecule has 0 aromatic carbocycles. The van der Waals surface area contributed by atoms with E-state index < -0.39 is 42.3 Å². The molecule has 0 saturated carbocycles. The largest absolute Gasteiger partial charge is 0.481 e. The smallest absolute Gasteiger partial charge is 0.321 e. The first-order chi connectivity index (χ1) is 8.07. The second-order valence-electron chi connectivity index (χ2n) is 3.16. The molecule has 0 aromatic heterocycles. The lowest BCUT2D eigenvalue weighted by Crippen LogP contribution is -2.34. The van der Waals surface area contributed by atoms with Gasteiger partial charge in [-0.25, -0.2) is 0 Å². The first-order valence-corrected chi connectivity index (χ1v) is 4.54. The number of carbonyl (C=O) groups excluding carboxylic acids is 1. The number of carbonyl (C=O) groups is 4. The molecule has 2 unspecified atom stereocenters. The molecular formula is C8H15N3O7. The third-order valence-corrected chi connectivity index (χ3v) is 1.45. The van der Waals surface area contributed by atoms with Gasteiger partial charge in [-0.1, -0.05) is 0 Å². The van der Waals surface area contributed by atoms with Crippen LogP contribution in [0.5, 0.6) is 0 Å². The monoisotopic (exact) mass is 265 g/mol. The molecule has 0 fully saturated rings. The summed E-state index contributed by atoms with van der Waals surface area (Å²) in [6.07, 6.45) is -0.843. The highest BCUT2D eigenvalue weighted by molar-refractivity contribution is 5.83. The SMILES string of the molecule is NC(=O)CC(N)C(=O)O.NC(CC(=O)O)C(=O)O. The predicted molar refractivity (Wildman–Crippen MR) is 57.3 cm³/mol. The van der Waals surface area contributed by atoms with Gasteiger partial charge in [-0.15, -0.1) is 0 Å². The molecule has 1 amide bonds. The zero-order valence-corrected chi connectivity index (χ0v) is 9.28. The minimum absolute atomic E-state index is 0.310. The van der Waals surface area contributed by atoms with E-state index >= 15 is 0 Å². The molecule has 0 saturated heterocycles. The number of rotatable bonds is 6. The van der Waals surface area contributed by atoms with Crippen LogP contribution in [0.15, 0.2) is 0 Å². The summed E-state index contributed by atoms with van der Waals surface area (Å²) in [6, 6.07) is -2.45. The molecule has 0 heterocycles. The second-order valence-corrected chi connectivity index (χ2v) is 3.16. The van der Waals surface area contributed by atoms with Crippen molar-refractivity contribution in [3.05, 3.63) is 0 Å². The highest BCUT2D eigenvalue weighted by atomic mass is 16.4. The summed E-state index contributed by atoms with van der Waals surface area (Å²) < 4.78 is 0. The molecule has 18 heavy (non-hydrogen) atoms. The summed E-state index contributed by atoms with van der Waals surface area (Å²) >= 11 is 0. The Hall–Kier alpha value is -2.20. The Bertz CT molecular complexity index is 299. The van der Waals surface area contributed by atoms with Crippen LogP contribution in [0.1, 0.15) is 12.8 Å². The first kappa shape index (κ1) is 18.2. The van der Waals surface area contributed by atoms with Crippen molar-refractivity contribution in [1.29, 1.82) is 0 Å². The molecule has 10 heteroatoms. The van der Waals surface area contributed by atoms with Crippen molar-refractivity contribution in [3.63, 3.8) is 0 Å². The van der Waals surface area contributed by atoms with Crippen molar-refractivity contribution in [1.82, 2.24) is 0 Å². The van der Waals surface area contributed by atoms with Crippen LogP contribution in [0, 0.1) is 0 Å². The first-order valence-electron chi connectivity index (χ1n) is 4.54. The molecule has 0 aliphatic heterocycles. The summed E-state index contributed by atoms with van der Waals surface area (Å²) in [5.74, 6) is -4.42. The maximum atomic E-state index is 9.99. The van der Waals surface area contributed by atoms with Gasteiger partial charge in [-0.2, -0.15) is 0 Å². The summed E-state index contributed by atoms with van der Waals surface area (Å²) in [5.41, 5.74) is 14.4. The average Bonchev–Trinajstić information content (AvgIpc) is 2.16. The zero-order chi connectivity index (χ0) is 14.9. The van der Waals surface area contributed by atoms with Crippen molar-refractivity contribution >= 4 is 23.8 Å². The van der Waals surface area contributed by atoms with Crippen LogP contribution in [-0.2, 0) is 19.2 Å². The average molecular weight is 265 g/mol. The van der Waals surface area contributed by atoms with Gasteiger partial charge >= 0.3 is 17.9 Å². The Kier molecular flexibility index (Phi) is 8.98. The lowest BCUT2D eigenvalue weighted by Gasteiger charge is -1.99. The minimum atomic E-state index is -1.29. The number of hydrogen-bond donors (Lipinski definition) is 6. The molecule has 0 aliphatic carbocycles. The summed E-state index contributed by atoms with van der Waals surface area (Å²) in [5, 5.41) is 24.1. The molecule has 104 valence electrons. The van der Waals surface area contributed by atoms with Crippen LogP contribution < -0.4 is 17.2 Å². The van der Waals surface area contributed by atoms with Crippen molar-refractivity contribution in [2.75, 3.05) is 0 Å². The Labute approximate surface area is 101 Å². The molecule has 0 aliphatic rings. The molecule has 0 radical (unpaired) electrons. The number of aliphatic carboxylic acids is 3. The van der Waals surface area contributed by atoms with Gasteiger partial charge in [0.15, 0.2) is 0 Å². The molecular weight excluding hydrogens is 250 g/mol. The van der Waals surface area contributed by atoms with Gasteiger partial charge in [0.2, 0.25) is 5.91 Å². The van der Waals surface area contributed by atoms with E-state index in [4.69, 9.17) is 26.8 Å². The van der Waals surface area contributed by atoms with E-state index in [1.807, 2.05) is 0 Å². The van der Waals surface area contributed by atoms with Crippen LogP contribution in [0.4, 0.5) is 0 Å². The zero-order valence-electron chi connectivity index (χ0n) is 9.28. The van der Waals surface area contributed by atoms with Gasteiger partial charge in [-0.05, 0) is 0 Å². The van der Waals surface area contributed by atoms with Gasteiger partial charge < -0.3 is 32.5 Å². The third kappa shape index (κ3) is 11.9. The van der Waals surface area contributed by atoms with Crippen LogP contribution in [0.2, 0.25) is 0 Å². The number of hydrogen-bond acceptors (Lipinski definition) is 6. The molecule has 2 atom stereocenters. The van der Waals surface area contributed by atoms with E-state index in [2.05, 4.69) is 5.73 Å². The fraction of sp³-hybridized carbons (Fsp3) is 0.500. The lowest BCUT2D eigenvalue weighted by molar-refractivity contribution is -0.144. The number of nitrogens with two attached hydrogens (primary N) is 3. The van der Waals surface area contributed by atoms with E-state index in [1.165, 1.54) is 0 Å². The van der Waals surface area contributed by atoms with Crippen molar-refractivity contribution in [3.8, 4) is 0 Å². The number of primary amides is 1. The van der Waals surface area contributed by atoms with Gasteiger partial charge in [-0.3, -0.25) is 19.2 Å². The normalized spacial score (nSPS) is 12.6. The Balaban J connectivity index is 0. The Morgan fingerprint density at radius 1 is 0.833 bits per heavy atom. The van der Waals surface area contributed by atoms with Crippen molar-refractivity contribution in [2.45, 2.75) is 24.9 Å². The van der Waals surface area contributed by atoms with E-state index in [9.17, 15) is 19.2 Å². The highest BCUT2D eigenvalue weighted by Crippen LogP contribution is 1.86. The summed E-state index contributed by atoms with van der Waals surface area (Å²) in [7, 11) is 0. The Morgan fingerprint density at radius 3 is 1.28 bits per heavy atom. The molecule has 0 aromatic rings. The van der Waals surface area contributed by atoms with Crippen molar-refractivity contribution in [2.24, 2.45) is 17.2 Å². The fourth-order valence-electron chi connectivity index (χ4n) is 0.579. The van der Waals surface area contributed by atoms with Crippen molar-refractivity contribution < 1.29 is 34.5 Å². The predicted octanol–water partition coefficient (Wildman–Crippen LogP) is -2.85. The quantitative estimate of drug-likeness (QED) is 0.291. The summed E-state index contributed by atoms with van der Waals surface area (Å²) in [6.45, 7) is 0. The standard InChI is InChI=1S/C4H8N2O3.C4H7NO4/c2*5-2(4(8)9)1-3(6)7/h2H,1,5H2,(H2,6,7)(H,8,9);2H,1,5H2,(H,6,7)(H,8,9). The number of carboxylic acids is 3. The lowest BCUT2D eigenvalue weighted by atomic mass is 10.2. The van der Waals surface area contributed by atoms with Gasteiger partial charge in [0.25, 0.3) is 0 Å². The van der Waals surface area contributed by atoms with Crippen LogP contribution in [-0.4, -0.2) is 51.2 Å². The van der Waals surface area contributed by atoms with Gasteiger partial charge in [0, 0.05) is 0 Å². The van der Waals surface area contributed by atoms with E-state index in [0.717, 1.165) is 0 Å². The van der Waals surface area contributed by atoms with Crippen LogP contribution in [0.25, 0.3) is 0 Å². The molecule has 0 rings (SSSR count).